The number of rotatable bonds is 6. The highest BCUT2D eigenvalue weighted by Gasteiger charge is 2.35. The fourth-order valence-corrected chi connectivity index (χ4v) is 4.90. The monoisotopic (exact) mass is 569 g/mol. The van der Waals surface area contributed by atoms with Gasteiger partial charge < -0.3 is 9.15 Å². The first-order chi connectivity index (χ1) is 19.5. The van der Waals surface area contributed by atoms with E-state index in [-0.39, 0.29) is 0 Å². The van der Waals surface area contributed by atoms with Gasteiger partial charge in [0.25, 0.3) is 5.91 Å². The summed E-state index contributed by atoms with van der Waals surface area (Å²) in [6, 6.07) is 26.4. The second kappa shape index (κ2) is 11.0. The number of aromatic nitrogens is 1. The van der Waals surface area contributed by atoms with Crippen LogP contribution in [0.15, 0.2) is 107 Å². The van der Waals surface area contributed by atoms with Crippen molar-refractivity contribution in [2.24, 2.45) is 5.10 Å². The van der Waals surface area contributed by atoms with Crippen molar-refractivity contribution in [2.75, 3.05) is 6.61 Å². The Labute approximate surface area is 239 Å². The van der Waals surface area contributed by atoms with Gasteiger partial charge in [-0.3, -0.25) is 4.79 Å². The number of esters is 1. The fourth-order valence-electron chi connectivity index (χ4n) is 4.64. The Hall–Kier alpha value is -4.46. The normalized spacial score (nSPS) is 14.8. The highest BCUT2D eigenvalue weighted by atomic mass is 35.5. The molecule has 5 aromatic rings. The maximum absolute atomic E-state index is 13.4. The van der Waals surface area contributed by atoms with E-state index in [0.29, 0.717) is 50.1 Å². The number of halogens is 2. The number of carbonyl (C=O) groups excluding carboxylic acids is 2. The van der Waals surface area contributed by atoms with Gasteiger partial charge in [-0.15, -0.1) is 0 Å². The predicted octanol–water partition coefficient (Wildman–Crippen LogP) is 7.34. The van der Waals surface area contributed by atoms with Gasteiger partial charge in [0, 0.05) is 27.4 Å². The number of furan rings is 1. The molecule has 1 atom stereocenters. The topological polar surface area (TPSA) is 85.0 Å². The van der Waals surface area contributed by atoms with Gasteiger partial charge in [-0.05, 0) is 54.1 Å². The lowest BCUT2D eigenvalue weighted by molar-refractivity contribution is -0.136. The Kier molecular flexibility index (Phi) is 7.07. The molecule has 0 radical (unpaired) electrons. The molecule has 0 bridgehead atoms. The van der Waals surface area contributed by atoms with E-state index in [1.807, 2.05) is 42.5 Å². The second-order valence-corrected chi connectivity index (χ2v) is 10.1. The number of hydrogen-bond acceptors (Lipinski definition) is 6. The number of fused-ring (bicyclic) bond motifs is 1. The molecule has 0 spiro atoms. The number of para-hydroxylation sites is 1. The highest BCUT2D eigenvalue weighted by Crippen LogP contribution is 2.33. The van der Waals surface area contributed by atoms with E-state index in [9.17, 15) is 9.59 Å². The molecule has 0 aliphatic carbocycles. The molecule has 3 heterocycles. The molecule has 2 aromatic heterocycles. The molecule has 0 N–H and O–H groups in total. The molecule has 1 aliphatic heterocycles. The van der Waals surface area contributed by atoms with Crippen molar-refractivity contribution in [3.63, 3.8) is 0 Å². The third-order valence-corrected chi connectivity index (χ3v) is 7.12. The van der Waals surface area contributed by atoms with E-state index in [0.717, 1.165) is 11.1 Å². The van der Waals surface area contributed by atoms with Gasteiger partial charge in [0.2, 0.25) is 0 Å². The lowest BCUT2D eigenvalue weighted by atomic mass is 10.0. The Morgan fingerprint density at radius 1 is 0.900 bits per heavy atom. The number of hydrazone groups is 1. The largest absolute Gasteiger partial charge is 0.467 e. The molecule has 0 saturated carbocycles. The van der Waals surface area contributed by atoms with Crippen LogP contribution in [0.2, 0.25) is 10.0 Å². The lowest BCUT2D eigenvalue weighted by Gasteiger charge is -2.19. The molecule has 9 heteroatoms. The van der Waals surface area contributed by atoms with E-state index >= 15 is 0 Å². The van der Waals surface area contributed by atoms with Crippen molar-refractivity contribution in [2.45, 2.75) is 12.5 Å². The fraction of sp³-hybridized carbons (Fsp3) is 0.0968. The maximum atomic E-state index is 13.4. The van der Waals surface area contributed by atoms with Gasteiger partial charge in [0.1, 0.15) is 11.8 Å². The zero-order valence-electron chi connectivity index (χ0n) is 21.0. The van der Waals surface area contributed by atoms with Crippen LogP contribution in [0.5, 0.6) is 0 Å². The van der Waals surface area contributed by atoms with Crippen LogP contribution < -0.4 is 0 Å². The van der Waals surface area contributed by atoms with Crippen LogP contribution in [-0.4, -0.2) is 34.2 Å². The SMILES string of the molecule is O=C(OCC(=O)N1N=C(c2ccc(Cl)cc2)CC1c1ccco1)c1cc(-c2ccc(Cl)cc2)nc2ccccc12. The Morgan fingerprint density at radius 3 is 2.30 bits per heavy atom. The minimum Gasteiger partial charge on any atom is -0.467 e. The average Bonchev–Trinajstić information content (AvgIpc) is 3.67. The van der Waals surface area contributed by atoms with Crippen molar-refractivity contribution >= 4 is 51.7 Å². The van der Waals surface area contributed by atoms with Crippen molar-refractivity contribution in [3.05, 3.63) is 124 Å². The lowest BCUT2D eigenvalue weighted by Crippen LogP contribution is -2.31. The molecule has 3 aromatic carbocycles. The minimum absolute atomic E-state index is 0.303. The summed E-state index contributed by atoms with van der Waals surface area (Å²) in [5.74, 6) is -0.534. The highest BCUT2D eigenvalue weighted by molar-refractivity contribution is 6.31. The summed E-state index contributed by atoms with van der Waals surface area (Å²) in [6.45, 7) is -0.500. The van der Waals surface area contributed by atoms with Gasteiger partial charge in [-0.1, -0.05) is 65.7 Å². The average molecular weight is 570 g/mol. The molecule has 6 rings (SSSR count). The molecular weight excluding hydrogens is 549 g/mol. The summed E-state index contributed by atoms with van der Waals surface area (Å²) in [5.41, 5.74) is 3.85. The minimum atomic E-state index is -0.641. The van der Waals surface area contributed by atoms with Crippen LogP contribution in [0, 0.1) is 0 Å². The summed E-state index contributed by atoms with van der Waals surface area (Å²) < 4.78 is 11.1. The molecule has 7 nitrogen and oxygen atoms in total. The van der Waals surface area contributed by atoms with E-state index in [4.69, 9.17) is 37.3 Å². The van der Waals surface area contributed by atoms with Gasteiger partial charge in [0.05, 0.1) is 28.7 Å². The number of nitrogens with zero attached hydrogens (tertiary/aromatic N) is 3. The number of amides is 1. The van der Waals surface area contributed by atoms with E-state index < -0.39 is 24.5 Å². The molecule has 0 fully saturated rings. The third-order valence-electron chi connectivity index (χ3n) is 6.62. The van der Waals surface area contributed by atoms with Crippen molar-refractivity contribution < 1.29 is 18.7 Å². The summed E-state index contributed by atoms with van der Waals surface area (Å²) in [6.07, 6.45) is 1.99. The quantitative estimate of drug-likeness (QED) is 0.200. The third kappa shape index (κ3) is 5.21. The molecule has 198 valence electrons. The first-order valence-corrected chi connectivity index (χ1v) is 13.2. The summed E-state index contributed by atoms with van der Waals surface area (Å²) in [5, 5.41) is 7.71. The number of hydrogen-bond donors (Lipinski definition) is 0. The smallest absolute Gasteiger partial charge is 0.339 e. The molecule has 1 unspecified atom stereocenters. The Bertz CT molecular complexity index is 1730. The van der Waals surface area contributed by atoms with Crippen LogP contribution >= 0.6 is 23.2 Å². The zero-order chi connectivity index (χ0) is 27.6. The number of benzene rings is 3. The van der Waals surface area contributed by atoms with E-state index in [2.05, 4.69) is 5.10 Å². The van der Waals surface area contributed by atoms with Crippen LogP contribution in [0.1, 0.15) is 34.1 Å². The second-order valence-electron chi connectivity index (χ2n) is 9.18. The Morgan fingerprint density at radius 2 is 1.60 bits per heavy atom. The van der Waals surface area contributed by atoms with Crippen LogP contribution in [0.4, 0.5) is 0 Å². The van der Waals surface area contributed by atoms with Gasteiger partial charge >= 0.3 is 5.97 Å². The molecule has 40 heavy (non-hydrogen) atoms. The first-order valence-electron chi connectivity index (χ1n) is 12.5. The standard InChI is InChI=1S/C31H21Cl2N3O4/c32-21-11-7-19(8-12-21)26-16-24(23-4-1-2-5-25(23)34-26)31(38)40-18-30(37)36-28(29-6-3-15-39-29)17-27(35-36)20-9-13-22(33)14-10-20/h1-16,28H,17-18H2. The number of ether oxygens (including phenoxy) is 1. The summed E-state index contributed by atoms with van der Waals surface area (Å²) in [7, 11) is 0. The molecule has 1 aliphatic rings. The Balaban J connectivity index is 1.26. The van der Waals surface area contributed by atoms with Crippen molar-refractivity contribution in [1.29, 1.82) is 0 Å². The van der Waals surface area contributed by atoms with Gasteiger partial charge in [-0.25, -0.2) is 14.8 Å². The van der Waals surface area contributed by atoms with Gasteiger partial charge in [-0.2, -0.15) is 5.10 Å². The summed E-state index contributed by atoms with van der Waals surface area (Å²) >= 11 is 12.1. The number of pyridine rings is 1. The van der Waals surface area contributed by atoms with Crippen molar-refractivity contribution in [3.8, 4) is 11.3 Å². The maximum Gasteiger partial charge on any atom is 0.339 e. The molecule has 0 saturated heterocycles. The van der Waals surface area contributed by atoms with E-state index in [1.165, 1.54) is 5.01 Å². The molecule has 1 amide bonds. The van der Waals surface area contributed by atoms with E-state index in [1.54, 1.807) is 54.8 Å². The zero-order valence-corrected chi connectivity index (χ0v) is 22.5. The van der Waals surface area contributed by atoms with Crippen LogP contribution in [0.3, 0.4) is 0 Å². The first kappa shape index (κ1) is 25.8. The van der Waals surface area contributed by atoms with Crippen LogP contribution in [0.25, 0.3) is 22.2 Å². The number of carbonyl (C=O) groups is 2. The summed E-state index contributed by atoms with van der Waals surface area (Å²) in [4.78, 5) is 31.4. The molecular formula is C31H21Cl2N3O4. The van der Waals surface area contributed by atoms with Crippen LogP contribution in [-0.2, 0) is 9.53 Å². The predicted molar refractivity (Wildman–Crippen MR) is 153 cm³/mol. The van der Waals surface area contributed by atoms with Crippen molar-refractivity contribution in [1.82, 2.24) is 9.99 Å². The van der Waals surface area contributed by atoms with Gasteiger partial charge in [0.15, 0.2) is 6.61 Å².